The molecule has 0 bridgehead atoms. The van der Waals surface area contributed by atoms with Crippen LogP contribution in [0.2, 0.25) is 0 Å². The van der Waals surface area contributed by atoms with Crippen LogP contribution in [0.1, 0.15) is 25.8 Å². The van der Waals surface area contributed by atoms with Gasteiger partial charge in [0.05, 0.1) is 19.6 Å². The summed E-state index contributed by atoms with van der Waals surface area (Å²) >= 11 is 5.07. The van der Waals surface area contributed by atoms with Crippen molar-refractivity contribution in [3.05, 3.63) is 35.5 Å². The first-order chi connectivity index (χ1) is 12.7. The molecule has 0 spiro atoms. The lowest BCUT2D eigenvalue weighted by Gasteiger charge is -2.15. The molecule has 0 aliphatic carbocycles. The molecule has 0 radical (unpaired) electrons. The Hall–Kier alpha value is -2.29. The van der Waals surface area contributed by atoms with E-state index in [1.807, 2.05) is 26.0 Å². The van der Waals surface area contributed by atoms with Gasteiger partial charge in [0.25, 0.3) is 5.91 Å². The first kappa shape index (κ1) is 21.0. The number of carbonyl (C=O) groups is 1. The molecule has 1 N–H and O–H groups in total. The van der Waals surface area contributed by atoms with E-state index in [1.54, 1.807) is 6.07 Å². The quantitative estimate of drug-likeness (QED) is 0.532. The van der Waals surface area contributed by atoms with Crippen LogP contribution >= 0.6 is 12.2 Å². The minimum Gasteiger partial charge on any atom is -0.490 e. The number of rotatable bonds is 8. The zero-order valence-corrected chi connectivity index (χ0v) is 15.9. The number of ether oxygens (including phenoxy) is 2. The van der Waals surface area contributed by atoms with Crippen LogP contribution in [0, 0.1) is 0 Å². The van der Waals surface area contributed by atoms with E-state index in [9.17, 15) is 18.0 Å². The molecule has 1 aromatic carbocycles. The van der Waals surface area contributed by atoms with Gasteiger partial charge < -0.3 is 14.8 Å². The van der Waals surface area contributed by atoms with Gasteiger partial charge in [-0.2, -0.15) is 13.2 Å². The van der Waals surface area contributed by atoms with Crippen molar-refractivity contribution >= 4 is 23.2 Å². The van der Waals surface area contributed by atoms with Crippen molar-refractivity contribution in [2.75, 3.05) is 19.8 Å². The maximum Gasteiger partial charge on any atom is 0.392 e. The van der Waals surface area contributed by atoms with E-state index in [0.29, 0.717) is 31.1 Å². The van der Waals surface area contributed by atoms with Crippen LogP contribution in [0.25, 0.3) is 0 Å². The number of halogens is 3. The van der Waals surface area contributed by atoms with Gasteiger partial charge in [0.2, 0.25) is 0 Å². The van der Waals surface area contributed by atoms with Crippen LogP contribution in [0.4, 0.5) is 13.2 Å². The molecule has 27 heavy (non-hydrogen) atoms. The number of thiocarbonyl (C=S) groups is 1. The molecule has 1 aromatic rings. The van der Waals surface area contributed by atoms with E-state index in [-0.39, 0.29) is 17.4 Å². The van der Waals surface area contributed by atoms with Gasteiger partial charge in [-0.1, -0.05) is 6.07 Å². The van der Waals surface area contributed by atoms with Gasteiger partial charge in [-0.15, -0.1) is 0 Å². The predicted molar refractivity (Wildman–Crippen MR) is 98.7 cm³/mol. The molecule has 0 atom stereocenters. The first-order valence-electron chi connectivity index (χ1n) is 8.53. The normalized spacial score (nSPS) is 16.0. The lowest BCUT2D eigenvalue weighted by molar-refractivity contribution is -0.125. The lowest BCUT2D eigenvalue weighted by atomic mass is 10.1. The molecule has 2 rings (SSSR count). The summed E-state index contributed by atoms with van der Waals surface area (Å²) in [4.78, 5) is 13.5. The van der Waals surface area contributed by atoms with Crippen LogP contribution in [0.3, 0.4) is 0 Å². The third-order valence-electron chi connectivity index (χ3n) is 3.73. The molecular weight excluding hydrogens is 381 g/mol. The van der Waals surface area contributed by atoms with E-state index in [0.717, 1.165) is 11.6 Å². The van der Waals surface area contributed by atoms with E-state index in [1.165, 1.54) is 4.90 Å². The smallest absolute Gasteiger partial charge is 0.392 e. The minimum atomic E-state index is -4.37. The Morgan fingerprint density at radius 1 is 1.19 bits per heavy atom. The number of benzene rings is 1. The van der Waals surface area contributed by atoms with Gasteiger partial charge in [-0.3, -0.25) is 9.69 Å². The summed E-state index contributed by atoms with van der Waals surface area (Å²) in [5.74, 6) is 0.686. The van der Waals surface area contributed by atoms with Crippen LogP contribution < -0.4 is 14.8 Å². The SMILES string of the molecule is CCOc1ccc(CCN2C(=O)/C(=C\CC(F)(F)F)NC2=S)cc1OCC. The zero-order valence-electron chi connectivity index (χ0n) is 15.1. The van der Waals surface area contributed by atoms with Crippen LogP contribution in [-0.4, -0.2) is 41.9 Å². The number of allylic oxidation sites excluding steroid dienone is 1. The molecule has 5 nitrogen and oxygen atoms in total. The Morgan fingerprint density at radius 2 is 1.85 bits per heavy atom. The number of amides is 1. The Bertz CT molecular complexity index is 735. The molecule has 1 aliphatic heterocycles. The van der Waals surface area contributed by atoms with Gasteiger partial charge in [0.1, 0.15) is 5.70 Å². The average Bonchev–Trinajstić information content (AvgIpc) is 2.86. The molecule has 1 aliphatic rings. The minimum absolute atomic E-state index is 0.101. The summed E-state index contributed by atoms with van der Waals surface area (Å²) in [7, 11) is 0. The average molecular weight is 402 g/mol. The molecule has 0 aromatic heterocycles. The number of nitrogens with one attached hydrogen (secondary N) is 1. The summed E-state index contributed by atoms with van der Waals surface area (Å²) in [6.07, 6.45) is -4.28. The monoisotopic (exact) mass is 402 g/mol. The second-order valence-electron chi connectivity index (χ2n) is 5.72. The Labute approximate surface area is 161 Å². The largest absolute Gasteiger partial charge is 0.490 e. The maximum absolute atomic E-state index is 12.3. The van der Waals surface area contributed by atoms with Gasteiger partial charge >= 0.3 is 6.18 Å². The summed E-state index contributed by atoms with van der Waals surface area (Å²) in [5, 5.41) is 2.65. The second-order valence-corrected chi connectivity index (χ2v) is 6.11. The molecule has 0 saturated carbocycles. The lowest BCUT2D eigenvalue weighted by Crippen LogP contribution is -2.32. The van der Waals surface area contributed by atoms with Gasteiger partial charge in [-0.25, -0.2) is 0 Å². The van der Waals surface area contributed by atoms with E-state index in [2.05, 4.69) is 5.32 Å². The summed E-state index contributed by atoms with van der Waals surface area (Å²) in [6, 6.07) is 5.47. The highest BCUT2D eigenvalue weighted by Crippen LogP contribution is 2.29. The van der Waals surface area contributed by atoms with Crippen molar-refractivity contribution in [2.24, 2.45) is 0 Å². The Morgan fingerprint density at radius 3 is 2.48 bits per heavy atom. The van der Waals surface area contributed by atoms with E-state index < -0.39 is 18.5 Å². The van der Waals surface area contributed by atoms with Gasteiger partial charge in [0, 0.05) is 6.54 Å². The third-order valence-corrected chi connectivity index (χ3v) is 4.05. The number of hydrogen-bond donors (Lipinski definition) is 1. The molecule has 1 heterocycles. The van der Waals surface area contributed by atoms with E-state index >= 15 is 0 Å². The Balaban J connectivity index is 2.04. The van der Waals surface area contributed by atoms with Crippen molar-refractivity contribution in [2.45, 2.75) is 32.9 Å². The topological polar surface area (TPSA) is 50.8 Å². The number of hydrogen-bond acceptors (Lipinski definition) is 4. The highest BCUT2D eigenvalue weighted by molar-refractivity contribution is 7.80. The fourth-order valence-corrected chi connectivity index (χ4v) is 2.81. The number of nitrogens with zero attached hydrogens (tertiary/aromatic N) is 1. The molecule has 1 saturated heterocycles. The van der Waals surface area contributed by atoms with Crippen LogP contribution in [0.5, 0.6) is 11.5 Å². The summed E-state index contributed by atoms with van der Waals surface area (Å²) in [6.45, 7) is 4.97. The number of carbonyl (C=O) groups excluding carboxylic acids is 1. The van der Waals surface area contributed by atoms with Crippen molar-refractivity contribution in [1.82, 2.24) is 10.2 Å². The third kappa shape index (κ3) is 5.85. The van der Waals surface area contributed by atoms with E-state index in [4.69, 9.17) is 21.7 Å². The highest BCUT2D eigenvalue weighted by Gasteiger charge is 2.32. The van der Waals surface area contributed by atoms with Crippen LogP contribution in [0.15, 0.2) is 30.0 Å². The molecular formula is C18H21F3N2O3S. The van der Waals surface area contributed by atoms with Crippen LogP contribution in [-0.2, 0) is 11.2 Å². The van der Waals surface area contributed by atoms with Gasteiger partial charge in [-0.05, 0) is 56.3 Å². The molecule has 148 valence electrons. The standard InChI is InChI=1S/C18H21F3N2O3S/c1-3-25-14-6-5-12(11-15(14)26-4-2)8-10-23-16(24)13(22-17(23)27)7-9-18(19,20)21/h5-7,11H,3-4,8-10H2,1-2H3,(H,22,27)/b13-7+. The fraction of sp³-hybridized carbons (Fsp3) is 0.444. The summed E-state index contributed by atoms with van der Waals surface area (Å²) < 4.78 is 48.1. The maximum atomic E-state index is 12.3. The van der Waals surface area contributed by atoms with Crippen molar-refractivity contribution in [1.29, 1.82) is 0 Å². The Kier molecular flexibility index (Phi) is 7.06. The zero-order chi connectivity index (χ0) is 20.0. The van der Waals surface area contributed by atoms with Crippen molar-refractivity contribution < 1.29 is 27.4 Å². The fourth-order valence-electron chi connectivity index (χ4n) is 2.52. The first-order valence-corrected chi connectivity index (χ1v) is 8.94. The predicted octanol–water partition coefficient (Wildman–Crippen LogP) is 3.58. The molecule has 9 heteroatoms. The molecule has 1 fully saturated rings. The number of alkyl halides is 3. The summed E-state index contributed by atoms with van der Waals surface area (Å²) in [5.41, 5.74) is 0.754. The second kappa shape index (κ2) is 9.07. The highest BCUT2D eigenvalue weighted by atomic mass is 32.1. The molecule has 0 unspecified atom stereocenters. The molecule has 1 amide bonds. The van der Waals surface area contributed by atoms with Crippen molar-refractivity contribution in [3.8, 4) is 11.5 Å². The van der Waals surface area contributed by atoms with Gasteiger partial charge in [0.15, 0.2) is 16.6 Å². The van der Waals surface area contributed by atoms with Crippen molar-refractivity contribution in [3.63, 3.8) is 0 Å².